The normalized spacial score (nSPS) is 9.85. The fourth-order valence-corrected chi connectivity index (χ4v) is 2.20. The maximum absolute atomic E-state index is 11.4. The Balaban J connectivity index is 2.57. The summed E-state index contributed by atoms with van der Waals surface area (Å²) in [5.74, 6) is 0.835. The topological polar surface area (TPSA) is 50.1 Å². The van der Waals surface area contributed by atoms with Crippen molar-refractivity contribution in [1.82, 2.24) is 0 Å². The summed E-state index contributed by atoms with van der Waals surface area (Å²) in [5, 5.41) is 8.85. The molecule has 0 amide bonds. The molecule has 0 N–H and O–H groups in total. The predicted molar refractivity (Wildman–Crippen MR) is 77.5 cm³/mol. The molecule has 0 unspecified atom stereocenters. The number of methoxy groups -OCH3 is 1. The average molecular weight is 265 g/mol. The zero-order valence-electron chi connectivity index (χ0n) is 11.5. The number of carbonyl (C=O) groups excluding carboxylic acids is 1. The van der Waals surface area contributed by atoms with Crippen LogP contribution >= 0.6 is 0 Å². The van der Waals surface area contributed by atoms with Crippen LogP contribution in [0.1, 0.15) is 18.1 Å². The number of benzene rings is 2. The zero-order chi connectivity index (χ0) is 14.5. The van der Waals surface area contributed by atoms with Gasteiger partial charge in [-0.15, -0.1) is 0 Å². The van der Waals surface area contributed by atoms with E-state index in [4.69, 9.17) is 10.00 Å². The molecule has 0 fully saturated rings. The van der Waals surface area contributed by atoms with Crippen molar-refractivity contribution in [2.24, 2.45) is 0 Å². The predicted octanol–water partition coefficient (Wildman–Crippen LogP) is 3.37. The summed E-state index contributed by atoms with van der Waals surface area (Å²) in [6.07, 6.45) is 0.368. The van der Waals surface area contributed by atoms with E-state index in [2.05, 4.69) is 6.07 Å². The van der Waals surface area contributed by atoms with Crippen molar-refractivity contribution in [2.75, 3.05) is 7.11 Å². The van der Waals surface area contributed by atoms with Crippen molar-refractivity contribution >= 4 is 5.78 Å². The minimum atomic E-state index is 0.105. The second-order valence-electron chi connectivity index (χ2n) is 4.56. The molecule has 2 aromatic rings. The van der Waals surface area contributed by atoms with E-state index >= 15 is 0 Å². The van der Waals surface area contributed by atoms with Crippen LogP contribution in [0.5, 0.6) is 5.75 Å². The molecular formula is C17H15NO2. The molecule has 0 saturated carbocycles. The number of nitriles is 1. The van der Waals surface area contributed by atoms with E-state index in [1.165, 1.54) is 0 Å². The van der Waals surface area contributed by atoms with Crippen LogP contribution in [0.15, 0.2) is 42.5 Å². The third-order valence-electron chi connectivity index (χ3n) is 3.07. The molecule has 0 radical (unpaired) electrons. The molecule has 0 heterocycles. The molecule has 0 aliphatic heterocycles. The van der Waals surface area contributed by atoms with E-state index in [0.717, 1.165) is 22.4 Å². The van der Waals surface area contributed by atoms with Crippen LogP contribution in [0, 0.1) is 11.3 Å². The first-order chi connectivity index (χ1) is 9.65. The lowest BCUT2D eigenvalue weighted by Crippen LogP contribution is -2.00. The highest BCUT2D eigenvalue weighted by Gasteiger charge is 2.12. The highest BCUT2D eigenvalue weighted by atomic mass is 16.5. The Kier molecular flexibility index (Phi) is 4.17. The van der Waals surface area contributed by atoms with Gasteiger partial charge in [0, 0.05) is 12.0 Å². The zero-order valence-corrected chi connectivity index (χ0v) is 11.5. The Bertz CT molecular complexity index is 666. The van der Waals surface area contributed by atoms with Gasteiger partial charge in [-0.2, -0.15) is 5.26 Å². The van der Waals surface area contributed by atoms with Gasteiger partial charge in [-0.1, -0.05) is 24.3 Å². The summed E-state index contributed by atoms with van der Waals surface area (Å²) in [6, 6.07) is 15.1. The van der Waals surface area contributed by atoms with Crippen LogP contribution in [0.4, 0.5) is 0 Å². The quantitative estimate of drug-likeness (QED) is 0.851. The minimum absolute atomic E-state index is 0.105. The molecule has 0 saturated heterocycles. The summed E-state index contributed by atoms with van der Waals surface area (Å²) in [4.78, 5) is 11.4. The maximum atomic E-state index is 11.4. The molecule has 3 heteroatoms. The van der Waals surface area contributed by atoms with Crippen molar-refractivity contribution in [3.63, 3.8) is 0 Å². The number of nitrogens with zero attached hydrogens (tertiary/aromatic N) is 1. The summed E-state index contributed by atoms with van der Waals surface area (Å²) in [7, 11) is 1.61. The standard InChI is InChI=1S/C17H15NO2/c1-12(19)10-15-4-3-5-16(20-2)17(15)14-8-6-13(11-18)7-9-14/h3-9H,10H2,1-2H3. The Morgan fingerprint density at radius 1 is 1.20 bits per heavy atom. The summed E-state index contributed by atoms with van der Waals surface area (Å²) in [6.45, 7) is 1.57. The second-order valence-corrected chi connectivity index (χ2v) is 4.56. The van der Waals surface area contributed by atoms with Crippen LogP contribution in [0.3, 0.4) is 0 Å². The van der Waals surface area contributed by atoms with Crippen LogP contribution in [0.25, 0.3) is 11.1 Å². The third-order valence-corrected chi connectivity index (χ3v) is 3.07. The van der Waals surface area contributed by atoms with Crippen molar-refractivity contribution < 1.29 is 9.53 Å². The van der Waals surface area contributed by atoms with Gasteiger partial charge >= 0.3 is 0 Å². The number of hydrogen-bond acceptors (Lipinski definition) is 3. The molecule has 2 rings (SSSR count). The first-order valence-corrected chi connectivity index (χ1v) is 6.31. The Morgan fingerprint density at radius 3 is 2.45 bits per heavy atom. The SMILES string of the molecule is COc1cccc(CC(C)=O)c1-c1ccc(C#N)cc1. The van der Waals surface area contributed by atoms with E-state index in [1.54, 1.807) is 26.2 Å². The van der Waals surface area contributed by atoms with Gasteiger partial charge in [-0.3, -0.25) is 4.79 Å². The van der Waals surface area contributed by atoms with Gasteiger partial charge in [0.1, 0.15) is 11.5 Å². The number of carbonyl (C=O) groups is 1. The summed E-state index contributed by atoms with van der Waals surface area (Å²) >= 11 is 0. The van der Waals surface area contributed by atoms with Crippen LogP contribution in [0.2, 0.25) is 0 Å². The number of ether oxygens (including phenoxy) is 1. The van der Waals surface area contributed by atoms with Gasteiger partial charge in [-0.05, 0) is 36.2 Å². The molecule has 100 valence electrons. The van der Waals surface area contributed by atoms with Gasteiger partial charge in [0.05, 0.1) is 18.7 Å². The van der Waals surface area contributed by atoms with E-state index < -0.39 is 0 Å². The van der Waals surface area contributed by atoms with Gasteiger partial charge in [0.25, 0.3) is 0 Å². The van der Waals surface area contributed by atoms with Crippen molar-refractivity contribution in [1.29, 1.82) is 5.26 Å². The van der Waals surface area contributed by atoms with Crippen molar-refractivity contribution in [2.45, 2.75) is 13.3 Å². The summed E-state index contributed by atoms with van der Waals surface area (Å²) in [5.41, 5.74) is 3.39. The molecule has 2 aromatic carbocycles. The molecule has 0 aromatic heterocycles. The Morgan fingerprint density at radius 2 is 1.90 bits per heavy atom. The minimum Gasteiger partial charge on any atom is -0.496 e. The molecule has 0 bridgehead atoms. The number of Topliss-reactive ketones (excluding diaryl/α,β-unsaturated/α-hetero) is 1. The Hall–Kier alpha value is -2.60. The largest absolute Gasteiger partial charge is 0.496 e. The second kappa shape index (κ2) is 6.03. The first-order valence-electron chi connectivity index (χ1n) is 6.31. The Labute approximate surface area is 118 Å². The van der Waals surface area contributed by atoms with E-state index in [1.807, 2.05) is 30.3 Å². The van der Waals surface area contributed by atoms with Gasteiger partial charge in [0.15, 0.2) is 0 Å². The number of rotatable bonds is 4. The smallest absolute Gasteiger partial charge is 0.134 e. The van der Waals surface area contributed by atoms with E-state index in [9.17, 15) is 4.79 Å². The lowest BCUT2D eigenvalue weighted by atomic mass is 9.95. The first kappa shape index (κ1) is 13.8. The van der Waals surface area contributed by atoms with E-state index in [0.29, 0.717) is 12.0 Å². The van der Waals surface area contributed by atoms with Crippen LogP contribution < -0.4 is 4.74 Å². The van der Waals surface area contributed by atoms with Crippen LogP contribution in [-0.4, -0.2) is 12.9 Å². The number of hydrogen-bond donors (Lipinski definition) is 0. The fourth-order valence-electron chi connectivity index (χ4n) is 2.20. The molecule has 0 spiro atoms. The molecule has 0 aliphatic carbocycles. The van der Waals surface area contributed by atoms with Crippen molar-refractivity contribution in [3.05, 3.63) is 53.6 Å². The van der Waals surface area contributed by atoms with Crippen molar-refractivity contribution in [3.8, 4) is 22.9 Å². The van der Waals surface area contributed by atoms with Gasteiger partial charge in [0.2, 0.25) is 0 Å². The highest BCUT2D eigenvalue weighted by molar-refractivity contribution is 5.83. The summed E-state index contributed by atoms with van der Waals surface area (Å²) < 4.78 is 5.40. The maximum Gasteiger partial charge on any atom is 0.134 e. The third kappa shape index (κ3) is 2.86. The van der Waals surface area contributed by atoms with Crippen LogP contribution in [-0.2, 0) is 11.2 Å². The fraction of sp³-hybridized carbons (Fsp3) is 0.176. The molecular weight excluding hydrogens is 250 g/mol. The van der Waals surface area contributed by atoms with E-state index in [-0.39, 0.29) is 5.78 Å². The molecule has 20 heavy (non-hydrogen) atoms. The molecule has 0 atom stereocenters. The molecule has 3 nitrogen and oxygen atoms in total. The number of ketones is 1. The monoisotopic (exact) mass is 265 g/mol. The lowest BCUT2D eigenvalue weighted by Gasteiger charge is -2.13. The van der Waals surface area contributed by atoms with Gasteiger partial charge < -0.3 is 4.74 Å². The lowest BCUT2D eigenvalue weighted by molar-refractivity contribution is -0.116. The van der Waals surface area contributed by atoms with Gasteiger partial charge in [-0.25, -0.2) is 0 Å². The highest BCUT2D eigenvalue weighted by Crippen LogP contribution is 2.33. The molecule has 0 aliphatic rings. The average Bonchev–Trinajstić information content (AvgIpc) is 2.46.